The third kappa shape index (κ3) is 2.26. The predicted octanol–water partition coefficient (Wildman–Crippen LogP) is 4.21. The fraction of sp³-hybridized carbons (Fsp3) is 0.429. The van der Waals surface area contributed by atoms with Gasteiger partial charge in [-0.3, -0.25) is 0 Å². The van der Waals surface area contributed by atoms with Crippen molar-refractivity contribution in [3.63, 3.8) is 0 Å². The summed E-state index contributed by atoms with van der Waals surface area (Å²) >= 11 is 3.55. The summed E-state index contributed by atoms with van der Waals surface area (Å²) in [5, 5.41) is 4.37. The lowest BCUT2D eigenvalue weighted by atomic mass is 9.85. The molecule has 1 N–H and O–H groups in total. The van der Waals surface area contributed by atoms with E-state index in [1.807, 2.05) is 13.1 Å². The molecule has 0 aliphatic rings. The van der Waals surface area contributed by atoms with Crippen molar-refractivity contribution in [2.24, 2.45) is 0 Å². The molecule has 0 aliphatic heterocycles. The van der Waals surface area contributed by atoms with Gasteiger partial charge in [0.1, 0.15) is 11.3 Å². The number of nitrogens with one attached hydrogen (secondary N) is 1. The monoisotopic (exact) mass is 295 g/mol. The minimum atomic E-state index is 0.0816. The zero-order chi connectivity index (χ0) is 12.6. The van der Waals surface area contributed by atoms with Gasteiger partial charge in [-0.1, -0.05) is 32.9 Å². The zero-order valence-corrected chi connectivity index (χ0v) is 12.3. The lowest BCUT2D eigenvalue weighted by molar-refractivity contribution is 0.494. The van der Waals surface area contributed by atoms with Crippen molar-refractivity contribution in [3.05, 3.63) is 34.0 Å². The molecule has 0 bridgehead atoms. The molecule has 0 fully saturated rings. The number of para-hydroxylation sites is 1. The van der Waals surface area contributed by atoms with Crippen molar-refractivity contribution >= 4 is 26.9 Å². The highest BCUT2D eigenvalue weighted by Gasteiger charge is 2.25. The second kappa shape index (κ2) is 4.46. The van der Waals surface area contributed by atoms with Crippen molar-refractivity contribution in [1.82, 2.24) is 5.32 Å². The molecular formula is C14H18BrNO. The first kappa shape index (κ1) is 12.7. The molecule has 0 atom stereocenters. The van der Waals surface area contributed by atoms with Gasteiger partial charge in [0.2, 0.25) is 0 Å². The molecule has 2 rings (SSSR count). The van der Waals surface area contributed by atoms with Crippen LogP contribution in [0.2, 0.25) is 0 Å². The normalized spacial score (nSPS) is 12.3. The van der Waals surface area contributed by atoms with Crippen molar-refractivity contribution in [3.8, 4) is 0 Å². The summed E-state index contributed by atoms with van der Waals surface area (Å²) in [4.78, 5) is 0. The molecule has 2 nitrogen and oxygen atoms in total. The van der Waals surface area contributed by atoms with E-state index in [9.17, 15) is 0 Å². The number of fused-ring (bicyclic) bond motifs is 1. The number of furan rings is 1. The van der Waals surface area contributed by atoms with Gasteiger partial charge in [0, 0.05) is 10.9 Å². The molecule has 0 spiro atoms. The van der Waals surface area contributed by atoms with E-state index in [1.165, 1.54) is 10.9 Å². The average Bonchev–Trinajstić information content (AvgIpc) is 2.57. The van der Waals surface area contributed by atoms with E-state index in [1.54, 1.807) is 0 Å². The van der Waals surface area contributed by atoms with Crippen molar-refractivity contribution in [2.45, 2.75) is 32.7 Å². The maximum absolute atomic E-state index is 5.99. The van der Waals surface area contributed by atoms with Gasteiger partial charge in [-0.15, -0.1) is 0 Å². The first-order valence-electron chi connectivity index (χ1n) is 5.80. The Hall–Kier alpha value is -0.800. The summed E-state index contributed by atoms with van der Waals surface area (Å²) in [7, 11) is 1.94. The predicted molar refractivity (Wildman–Crippen MR) is 75.4 cm³/mol. The van der Waals surface area contributed by atoms with Gasteiger partial charge in [0.25, 0.3) is 0 Å². The van der Waals surface area contributed by atoms with E-state index < -0.39 is 0 Å². The van der Waals surface area contributed by atoms with Gasteiger partial charge < -0.3 is 9.73 Å². The molecule has 1 aromatic heterocycles. The summed E-state index contributed by atoms with van der Waals surface area (Å²) < 4.78 is 7.00. The Morgan fingerprint density at radius 1 is 1.29 bits per heavy atom. The van der Waals surface area contributed by atoms with Crippen LogP contribution in [-0.4, -0.2) is 7.05 Å². The van der Waals surface area contributed by atoms with E-state index in [0.717, 1.165) is 22.4 Å². The Morgan fingerprint density at radius 3 is 2.59 bits per heavy atom. The van der Waals surface area contributed by atoms with E-state index in [-0.39, 0.29) is 5.41 Å². The lowest BCUT2D eigenvalue weighted by Crippen LogP contribution is -2.15. The minimum absolute atomic E-state index is 0.0816. The zero-order valence-electron chi connectivity index (χ0n) is 10.7. The minimum Gasteiger partial charge on any atom is -0.458 e. The van der Waals surface area contributed by atoms with Crippen LogP contribution in [0.3, 0.4) is 0 Å². The molecule has 0 unspecified atom stereocenters. The van der Waals surface area contributed by atoms with Gasteiger partial charge in [-0.25, -0.2) is 0 Å². The Labute approximate surface area is 111 Å². The number of rotatable bonds is 2. The summed E-state index contributed by atoms with van der Waals surface area (Å²) in [6, 6.07) is 6.20. The van der Waals surface area contributed by atoms with Crippen LogP contribution in [0.1, 0.15) is 32.1 Å². The van der Waals surface area contributed by atoms with Crippen molar-refractivity contribution < 1.29 is 4.42 Å². The standard InChI is InChI=1S/C14H18BrNO/c1-14(2,3)12-9-6-5-7-10(15)13(9)17-11(12)8-16-4/h5-7,16H,8H2,1-4H3. The van der Waals surface area contributed by atoms with Crippen LogP contribution in [0.25, 0.3) is 11.0 Å². The molecule has 3 heteroatoms. The van der Waals surface area contributed by atoms with Crippen LogP contribution in [-0.2, 0) is 12.0 Å². The molecule has 17 heavy (non-hydrogen) atoms. The molecule has 0 aliphatic carbocycles. The van der Waals surface area contributed by atoms with Gasteiger partial charge in [0.05, 0.1) is 11.0 Å². The van der Waals surface area contributed by atoms with Crippen LogP contribution in [0.4, 0.5) is 0 Å². The molecule has 1 heterocycles. The van der Waals surface area contributed by atoms with E-state index >= 15 is 0 Å². The third-order valence-corrected chi connectivity index (χ3v) is 3.45. The first-order chi connectivity index (χ1) is 7.95. The molecule has 92 valence electrons. The lowest BCUT2D eigenvalue weighted by Gasteiger charge is -2.19. The third-order valence-electron chi connectivity index (χ3n) is 2.83. The molecule has 0 saturated heterocycles. The van der Waals surface area contributed by atoms with Gasteiger partial charge in [-0.2, -0.15) is 0 Å². The summed E-state index contributed by atoms with van der Waals surface area (Å²) in [6.45, 7) is 7.42. The molecule has 0 saturated carbocycles. The SMILES string of the molecule is CNCc1oc2c(Br)cccc2c1C(C)(C)C. The highest BCUT2D eigenvalue weighted by atomic mass is 79.9. The second-order valence-corrected chi connectivity index (χ2v) is 6.15. The Bertz CT molecular complexity index is 537. The second-order valence-electron chi connectivity index (χ2n) is 5.30. The number of halogens is 1. The summed E-state index contributed by atoms with van der Waals surface area (Å²) in [5.74, 6) is 1.03. The maximum Gasteiger partial charge on any atom is 0.148 e. The molecule has 0 amide bonds. The fourth-order valence-corrected chi connectivity index (χ4v) is 2.69. The largest absolute Gasteiger partial charge is 0.458 e. The van der Waals surface area contributed by atoms with Gasteiger partial charge in [-0.05, 0) is 34.5 Å². The maximum atomic E-state index is 5.99. The van der Waals surface area contributed by atoms with Gasteiger partial charge >= 0.3 is 0 Å². The van der Waals surface area contributed by atoms with E-state index in [2.05, 4.69) is 54.2 Å². The highest BCUT2D eigenvalue weighted by molar-refractivity contribution is 9.10. The number of hydrogen-bond acceptors (Lipinski definition) is 2. The molecule has 1 aromatic carbocycles. The summed E-state index contributed by atoms with van der Waals surface area (Å²) in [5.41, 5.74) is 2.32. The van der Waals surface area contributed by atoms with Crippen LogP contribution in [0.5, 0.6) is 0 Å². The summed E-state index contributed by atoms with van der Waals surface area (Å²) in [6.07, 6.45) is 0. The van der Waals surface area contributed by atoms with Crippen LogP contribution in [0.15, 0.2) is 27.1 Å². The smallest absolute Gasteiger partial charge is 0.148 e. The first-order valence-corrected chi connectivity index (χ1v) is 6.59. The average molecular weight is 296 g/mol. The van der Waals surface area contributed by atoms with E-state index in [4.69, 9.17) is 4.42 Å². The van der Waals surface area contributed by atoms with Gasteiger partial charge in [0.15, 0.2) is 0 Å². The fourth-order valence-electron chi connectivity index (χ4n) is 2.24. The molecule has 0 radical (unpaired) electrons. The van der Waals surface area contributed by atoms with Crippen LogP contribution >= 0.6 is 15.9 Å². The number of benzene rings is 1. The molecule has 2 aromatic rings. The topological polar surface area (TPSA) is 25.2 Å². The Balaban J connectivity index is 2.76. The van der Waals surface area contributed by atoms with Crippen LogP contribution in [0, 0.1) is 0 Å². The Kier molecular flexibility index (Phi) is 3.32. The van der Waals surface area contributed by atoms with Crippen molar-refractivity contribution in [1.29, 1.82) is 0 Å². The number of hydrogen-bond donors (Lipinski definition) is 1. The molecular weight excluding hydrogens is 278 g/mol. The van der Waals surface area contributed by atoms with Crippen LogP contribution < -0.4 is 5.32 Å². The van der Waals surface area contributed by atoms with Crippen molar-refractivity contribution in [2.75, 3.05) is 7.05 Å². The van der Waals surface area contributed by atoms with E-state index in [0.29, 0.717) is 0 Å². The quantitative estimate of drug-likeness (QED) is 0.898. The highest BCUT2D eigenvalue weighted by Crippen LogP contribution is 2.38. The Morgan fingerprint density at radius 2 is 2.00 bits per heavy atom.